The molecule has 0 amide bonds. The molecule has 2 N–H and O–H groups in total. The predicted molar refractivity (Wildman–Crippen MR) is 58.0 cm³/mol. The predicted octanol–water partition coefficient (Wildman–Crippen LogP) is 0.854. The lowest BCUT2D eigenvalue weighted by atomic mass is 10.2. The van der Waals surface area contributed by atoms with Crippen molar-refractivity contribution in [3.05, 3.63) is 18.2 Å². The first kappa shape index (κ1) is 11.2. The minimum Gasteiger partial charge on any atom is -0.334 e. The third kappa shape index (κ3) is 2.82. The summed E-state index contributed by atoms with van der Waals surface area (Å²) >= 11 is 0. The van der Waals surface area contributed by atoms with Crippen LogP contribution >= 0.6 is 0 Å². The summed E-state index contributed by atoms with van der Waals surface area (Å²) in [5, 5.41) is 0. The molecule has 0 aliphatic rings. The summed E-state index contributed by atoms with van der Waals surface area (Å²) in [6.45, 7) is 3.98. The van der Waals surface area contributed by atoms with E-state index in [0.717, 1.165) is 25.3 Å². The lowest BCUT2D eigenvalue weighted by Gasteiger charge is -2.17. The largest absolute Gasteiger partial charge is 0.334 e. The van der Waals surface area contributed by atoms with Gasteiger partial charge in [0.2, 0.25) is 0 Å². The van der Waals surface area contributed by atoms with E-state index in [1.54, 1.807) is 0 Å². The van der Waals surface area contributed by atoms with Crippen LogP contribution in [0.15, 0.2) is 12.4 Å². The van der Waals surface area contributed by atoms with Gasteiger partial charge in [0.05, 0.1) is 6.04 Å². The standard InChI is InChI=1S/C10H20N4/c1-4-6-14-7-5-12-10(14)9(11)8-13(2)3/h5,7,9H,4,6,8,11H2,1-3H3. The Labute approximate surface area is 85.7 Å². The summed E-state index contributed by atoms with van der Waals surface area (Å²) in [4.78, 5) is 6.38. The second-order valence-corrected chi connectivity index (χ2v) is 3.85. The average Bonchev–Trinajstić information content (AvgIpc) is 2.51. The van der Waals surface area contributed by atoms with Crippen molar-refractivity contribution in [3.63, 3.8) is 0 Å². The molecule has 1 rings (SSSR count). The molecule has 0 saturated carbocycles. The number of aromatic nitrogens is 2. The van der Waals surface area contributed by atoms with Gasteiger partial charge in [-0.2, -0.15) is 0 Å². The zero-order valence-electron chi connectivity index (χ0n) is 9.27. The van der Waals surface area contributed by atoms with Crippen molar-refractivity contribution in [1.82, 2.24) is 14.5 Å². The second-order valence-electron chi connectivity index (χ2n) is 3.85. The molecule has 0 fully saturated rings. The molecule has 14 heavy (non-hydrogen) atoms. The maximum Gasteiger partial charge on any atom is 0.126 e. The molecule has 4 nitrogen and oxygen atoms in total. The van der Waals surface area contributed by atoms with E-state index in [0.29, 0.717) is 0 Å². The van der Waals surface area contributed by atoms with E-state index >= 15 is 0 Å². The summed E-state index contributed by atoms with van der Waals surface area (Å²) < 4.78 is 2.13. The SMILES string of the molecule is CCCn1ccnc1C(N)CN(C)C. The van der Waals surface area contributed by atoms with Gasteiger partial charge in [-0.05, 0) is 20.5 Å². The Morgan fingerprint density at radius 2 is 2.29 bits per heavy atom. The Morgan fingerprint density at radius 1 is 1.57 bits per heavy atom. The molecule has 0 spiro atoms. The minimum atomic E-state index is 0.00606. The van der Waals surface area contributed by atoms with Crippen LogP contribution in [-0.4, -0.2) is 35.1 Å². The van der Waals surface area contributed by atoms with Crippen molar-refractivity contribution in [2.24, 2.45) is 5.73 Å². The molecule has 1 aromatic rings. The van der Waals surface area contributed by atoms with Gasteiger partial charge in [-0.15, -0.1) is 0 Å². The minimum absolute atomic E-state index is 0.00606. The van der Waals surface area contributed by atoms with E-state index in [-0.39, 0.29) is 6.04 Å². The van der Waals surface area contributed by atoms with Crippen LogP contribution < -0.4 is 5.73 Å². The van der Waals surface area contributed by atoms with Crippen LogP contribution in [0.5, 0.6) is 0 Å². The normalized spacial score (nSPS) is 13.5. The molecule has 0 aliphatic heterocycles. The third-order valence-electron chi connectivity index (χ3n) is 2.11. The lowest BCUT2D eigenvalue weighted by Crippen LogP contribution is -2.28. The first-order valence-electron chi connectivity index (χ1n) is 5.06. The van der Waals surface area contributed by atoms with Crippen LogP contribution in [0, 0.1) is 0 Å². The van der Waals surface area contributed by atoms with Gasteiger partial charge >= 0.3 is 0 Å². The number of nitrogens with two attached hydrogens (primary N) is 1. The molecule has 1 atom stereocenters. The van der Waals surface area contributed by atoms with E-state index in [4.69, 9.17) is 5.73 Å². The number of imidazole rings is 1. The van der Waals surface area contributed by atoms with Crippen molar-refractivity contribution in [3.8, 4) is 0 Å². The van der Waals surface area contributed by atoms with E-state index in [2.05, 4.69) is 21.4 Å². The van der Waals surface area contributed by atoms with Crippen molar-refractivity contribution < 1.29 is 0 Å². The first-order valence-corrected chi connectivity index (χ1v) is 5.06. The van der Waals surface area contributed by atoms with Crippen molar-refractivity contribution in [1.29, 1.82) is 0 Å². The lowest BCUT2D eigenvalue weighted by molar-refractivity contribution is 0.364. The molecule has 0 aromatic carbocycles. The van der Waals surface area contributed by atoms with Crippen molar-refractivity contribution >= 4 is 0 Å². The fourth-order valence-electron chi connectivity index (χ4n) is 1.55. The highest BCUT2D eigenvalue weighted by Crippen LogP contribution is 2.09. The zero-order valence-corrected chi connectivity index (χ0v) is 9.27. The molecule has 1 heterocycles. The number of aryl methyl sites for hydroxylation is 1. The van der Waals surface area contributed by atoms with Crippen LogP contribution in [0.3, 0.4) is 0 Å². The number of likely N-dealkylation sites (N-methyl/N-ethyl adjacent to an activating group) is 1. The van der Waals surface area contributed by atoms with Crippen LogP contribution in [0.2, 0.25) is 0 Å². The van der Waals surface area contributed by atoms with E-state index in [1.807, 2.05) is 26.5 Å². The van der Waals surface area contributed by atoms with Gasteiger partial charge in [0, 0.05) is 25.5 Å². The quantitative estimate of drug-likeness (QED) is 0.759. The van der Waals surface area contributed by atoms with Crippen LogP contribution in [0.25, 0.3) is 0 Å². The number of hydrogen-bond acceptors (Lipinski definition) is 3. The summed E-state index contributed by atoms with van der Waals surface area (Å²) in [6.07, 6.45) is 4.92. The van der Waals surface area contributed by atoms with E-state index in [9.17, 15) is 0 Å². The number of rotatable bonds is 5. The molecule has 0 radical (unpaired) electrons. The topological polar surface area (TPSA) is 47.1 Å². The van der Waals surface area contributed by atoms with Crippen LogP contribution in [-0.2, 0) is 6.54 Å². The summed E-state index contributed by atoms with van der Waals surface area (Å²) in [7, 11) is 4.04. The van der Waals surface area contributed by atoms with Gasteiger partial charge in [-0.1, -0.05) is 6.92 Å². The maximum absolute atomic E-state index is 6.05. The fraction of sp³-hybridized carbons (Fsp3) is 0.700. The number of hydrogen-bond donors (Lipinski definition) is 1. The smallest absolute Gasteiger partial charge is 0.126 e. The molecule has 0 aliphatic carbocycles. The molecule has 4 heteroatoms. The second kappa shape index (κ2) is 5.12. The Hall–Kier alpha value is -0.870. The van der Waals surface area contributed by atoms with Gasteiger partial charge in [0.25, 0.3) is 0 Å². The highest BCUT2D eigenvalue weighted by Gasteiger charge is 2.12. The summed E-state index contributed by atoms with van der Waals surface area (Å²) in [5.74, 6) is 0.987. The Balaban J connectivity index is 2.68. The van der Waals surface area contributed by atoms with Gasteiger partial charge in [-0.3, -0.25) is 0 Å². The fourth-order valence-corrected chi connectivity index (χ4v) is 1.55. The highest BCUT2D eigenvalue weighted by atomic mass is 15.1. The average molecular weight is 196 g/mol. The Kier molecular flexibility index (Phi) is 4.10. The molecular formula is C10H20N4. The molecule has 1 aromatic heterocycles. The van der Waals surface area contributed by atoms with Gasteiger partial charge < -0.3 is 15.2 Å². The van der Waals surface area contributed by atoms with Crippen LogP contribution in [0.1, 0.15) is 25.2 Å². The van der Waals surface area contributed by atoms with Gasteiger partial charge in [0.1, 0.15) is 5.82 Å². The first-order chi connectivity index (χ1) is 6.65. The number of nitrogens with zero attached hydrogens (tertiary/aromatic N) is 3. The van der Waals surface area contributed by atoms with Crippen molar-refractivity contribution in [2.75, 3.05) is 20.6 Å². The summed E-state index contributed by atoms with van der Waals surface area (Å²) in [5.41, 5.74) is 6.05. The monoisotopic (exact) mass is 196 g/mol. The highest BCUT2D eigenvalue weighted by molar-refractivity contribution is 4.99. The molecule has 0 bridgehead atoms. The molecule has 80 valence electrons. The van der Waals surface area contributed by atoms with E-state index < -0.39 is 0 Å². The van der Waals surface area contributed by atoms with Crippen molar-refractivity contribution in [2.45, 2.75) is 25.9 Å². The van der Waals surface area contributed by atoms with E-state index in [1.165, 1.54) is 0 Å². The summed E-state index contributed by atoms with van der Waals surface area (Å²) in [6, 6.07) is 0.00606. The zero-order chi connectivity index (χ0) is 10.6. The van der Waals surface area contributed by atoms with Gasteiger partial charge in [-0.25, -0.2) is 4.98 Å². The third-order valence-corrected chi connectivity index (χ3v) is 2.11. The maximum atomic E-state index is 6.05. The molecular weight excluding hydrogens is 176 g/mol. The molecule has 1 unspecified atom stereocenters. The Morgan fingerprint density at radius 3 is 2.86 bits per heavy atom. The van der Waals surface area contributed by atoms with Crippen LogP contribution in [0.4, 0.5) is 0 Å². The Bertz CT molecular complexity index is 267. The molecule has 0 saturated heterocycles. The van der Waals surface area contributed by atoms with Gasteiger partial charge in [0.15, 0.2) is 0 Å².